The molecule has 2 aromatic heterocycles. The molecule has 98 valence electrons. The summed E-state index contributed by atoms with van der Waals surface area (Å²) in [5.74, 6) is 1.04. The highest BCUT2D eigenvalue weighted by atomic mass is 35.5. The van der Waals surface area contributed by atoms with Gasteiger partial charge in [-0.3, -0.25) is 0 Å². The second-order valence-corrected chi connectivity index (χ2v) is 6.06. The van der Waals surface area contributed by atoms with Crippen LogP contribution in [-0.2, 0) is 0 Å². The van der Waals surface area contributed by atoms with Gasteiger partial charge in [0.25, 0.3) is 0 Å². The monoisotopic (exact) mass is 290 g/mol. The van der Waals surface area contributed by atoms with Gasteiger partial charge in [-0.25, -0.2) is 4.98 Å². The summed E-state index contributed by atoms with van der Waals surface area (Å²) < 4.78 is 2.32. The van der Waals surface area contributed by atoms with Crippen LogP contribution in [0.2, 0.25) is 5.02 Å². The van der Waals surface area contributed by atoms with Gasteiger partial charge in [0.1, 0.15) is 0 Å². The van der Waals surface area contributed by atoms with Gasteiger partial charge in [-0.2, -0.15) is 0 Å². The third-order valence-corrected chi connectivity index (χ3v) is 4.53. The maximum atomic E-state index is 6.07. The Labute approximate surface area is 121 Å². The Kier molecular flexibility index (Phi) is 3.33. The first-order valence-electron chi connectivity index (χ1n) is 6.42. The summed E-state index contributed by atoms with van der Waals surface area (Å²) in [5, 5.41) is 2.82. The summed E-state index contributed by atoms with van der Waals surface area (Å²) in [5.41, 5.74) is 2.12. The Morgan fingerprint density at radius 1 is 1.37 bits per heavy atom. The zero-order chi connectivity index (χ0) is 13.4. The maximum absolute atomic E-state index is 6.07. The number of thiophene rings is 1. The summed E-state index contributed by atoms with van der Waals surface area (Å²) in [6.45, 7) is 4.43. The molecule has 1 atom stereocenters. The molecule has 0 saturated heterocycles. The van der Waals surface area contributed by atoms with Crippen LogP contribution in [0.3, 0.4) is 0 Å². The van der Waals surface area contributed by atoms with Crippen molar-refractivity contribution in [2.75, 3.05) is 0 Å². The molecule has 1 aromatic carbocycles. The van der Waals surface area contributed by atoms with Crippen molar-refractivity contribution < 1.29 is 0 Å². The number of benzene rings is 1. The standard InChI is InChI=1S/C15H15ClN2S/c1-3-10(2)18-13-7-6-11(16)9-12(13)17-15(18)14-5-4-8-19-14/h4-10H,3H2,1-2H3. The lowest BCUT2D eigenvalue weighted by Crippen LogP contribution is -2.05. The lowest BCUT2D eigenvalue weighted by Gasteiger charge is -2.15. The normalized spacial score (nSPS) is 13.0. The lowest BCUT2D eigenvalue weighted by molar-refractivity contribution is 0.550. The minimum absolute atomic E-state index is 0.420. The minimum Gasteiger partial charge on any atom is -0.320 e. The Morgan fingerprint density at radius 3 is 2.89 bits per heavy atom. The third-order valence-electron chi connectivity index (χ3n) is 3.42. The van der Waals surface area contributed by atoms with Crippen molar-refractivity contribution in [3.05, 3.63) is 40.7 Å². The summed E-state index contributed by atoms with van der Waals surface area (Å²) in [6, 6.07) is 10.5. The smallest absolute Gasteiger partial charge is 0.151 e. The van der Waals surface area contributed by atoms with Gasteiger partial charge in [-0.15, -0.1) is 11.3 Å². The van der Waals surface area contributed by atoms with E-state index in [1.807, 2.05) is 12.1 Å². The molecule has 1 unspecified atom stereocenters. The van der Waals surface area contributed by atoms with Crippen LogP contribution in [0.4, 0.5) is 0 Å². The molecule has 3 rings (SSSR count). The molecule has 0 aliphatic carbocycles. The highest BCUT2D eigenvalue weighted by Crippen LogP contribution is 2.32. The van der Waals surface area contributed by atoms with Crippen LogP contribution in [0.15, 0.2) is 35.7 Å². The highest BCUT2D eigenvalue weighted by Gasteiger charge is 2.16. The molecule has 19 heavy (non-hydrogen) atoms. The number of rotatable bonds is 3. The number of imidazole rings is 1. The fraction of sp³-hybridized carbons (Fsp3) is 0.267. The Hall–Kier alpha value is -1.32. The van der Waals surface area contributed by atoms with Gasteiger partial charge in [0.2, 0.25) is 0 Å². The van der Waals surface area contributed by atoms with E-state index in [4.69, 9.17) is 16.6 Å². The molecule has 0 bridgehead atoms. The van der Waals surface area contributed by atoms with E-state index in [1.54, 1.807) is 11.3 Å². The quantitative estimate of drug-likeness (QED) is 0.632. The summed E-state index contributed by atoms with van der Waals surface area (Å²) in [4.78, 5) is 5.98. The molecule has 0 spiro atoms. The number of hydrogen-bond donors (Lipinski definition) is 0. The Bertz CT molecular complexity index is 700. The average Bonchev–Trinajstić information content (AvgIpc) is 3.03. The average molecular weight is 291 g/mol. The van der Waals surface area contributed by atoms with E-state index in [0.29, 0.717) is 6.04 Å². The van der Waals surface area contributed by atoms with Crippen molar-refractivity contribution in [1.29, 1.82) is 0 Å². The van der Waals surface area contributed by atoms with E-state index in [9.17, 15) is 0 Å². The van der Waals surface area contributed by atoms with Crippen molar-refractivity contribution in [3.8, 4) is 10.7 Å². The second-order valence-electron chi connectivity index (χ2n) is 4.67. The van der Waals surface area contributed by atoms with Gasteiger partial charge in [0, 0.05) is 11.1 Å². The molecule has 3 aromatic rings. The minimum atomic E-state index is 0.420. The van der Waals surface area contributed by atoms with E-state index < -0.39 is 0 Å². The first kappa shape index (κ1) is 12.7. The van der Waals surface area contributed by atoms with Crippen LogP contribution in [0, 0.1) is 0 Å². The molecule has 0 aliphatic heterocycles. The van der Waals surface area contributed by atoms with Gasteiger partial charge in [0.05, 0.1) is 15.9 Å². The molecule has 0 fully saturated rings. The number of hydrogen-bond acceptors (Lipinski definition) is 2. The van der Waals surface area contributed by atoms with Crippen molar-refractivity contribution in [2.24, 2.45) is 0 Å². The van der Waals surface area contributed by atoms with Crippen LogP contribution in [-0.4, -0.2) is 9.55 Å². The van der Waals surface area contributed by atoms with E-state index in [2.05, 4.69) is 42.0 Å². The first-order valence-corrected chi connectivity index (χ1v) is 7.68. The van der Waals surface area contributed by atoms with Crippen molar-refractivity contribution >= 4 is 34.0 Å². The highest BCUT2D eigenvalue weighted by molar-refractivity contribution is 7.13. The largest absolute Gasteiger partial charge is 0.320 e. The lowest BCUT2D eigenvalue weighted by atomic mass is 10.2. The molecular formula is C15H15ClN2S. The molecule has 0 N–H and O–H groups in total. The molecule has 0 radical (unpaired) electrons. The molecule has 0 saturated carbocycles. The number of fused-ring (bicyclic) bond motifs is 1. The van der Waals surface area contributed by atoms with Gasteiger partial charge in [-0.05, 0) is 43.0 Å². The molecule has 4 heteroatoms. The van der Waals surface area contributed by atoms with E-state index >= 15 is 0 Å². The topological polar surface area (TPSA) is 17.8 Å². The maximum Gasteiger partial charge on any atom is 0.151 e. The fourth-order valence-electron chi connectivity index (χ4n) is 2.28. The van der Waals surface area contributed by atoms with E-state index in [1.165, 1.54) is 4.88 Å². The fourth-order valence-corrected chi connectivity index (χ4v) is 3.16. The molecule has 2 heterocycles. The first-order chi connectivity index (χ1) is 9.20. The van der Waals surface area contributed by atoms with Crippen molar-refractivity contribution in [3.63, 3.8) is 0 Å². The molecular weight excluding hydrogens is 276 g/mol. The van der Waals surface area contributed by atoms with Crippen LogP contribution in [0.5, 0.6) is 0 Å². The van der Waals surface area contributed by atoms with E-state index in [-0.39, 0.29) is 0 Å². The summed E-state index contributed by atoms with van der Waals surface area (Å²) in [6.07, 6.45) is 1.08. The predicted molar refractivity (Wildman–Crippen MR) is 83.1 cm³/mol. The zero-order valence-electron chi connectivity index (χ0n) is 10.9. The number of halogens is 1. The Balaban J connectivity index is 2.31. The van der Waals surface area contributed by atoms with Crippen molar-refractivity contribution in [2.45, 2.75) is 26.3 Å². The SMILES string of the molecule is CCC(C)n1c(-c2cccs2)nc2cc(Cl)ccc21. The van der Waals surface area contributed by atoms with Crippen LogP contribution < -0.4 is 0 Å². The summed E-state index contributed by atoms with van der Waals surface area (Å²) >= 11 is 7.79. The summed E-state index contributed by atoms with van der Waals surface area (Å²) in [7, 11) is 0. The van der Waals surface area contributed by atoms with Gasteiger partial charge < -0.3 is 4.57 Å². The third kappa shape index (κ3) is 2.17. The zero-order valence-corrected chi connectivity index (χ0v) is 12.5. The van der Waals surface area contributed by atoms with Crippen LogP contribution in [0.25, 0.3) is 21.7 Å². The van der Waals surface area contributed by atoms with Gasteiger partial charge in [0.15, 0.2) is 5.82 Å². The number of aromatic nitrogens is 2. The number of nitrogens with zero attached hydrogens (tertiary/aromatic N) is 2. The molecule has 2 nitrogen and oxygen atoms in total. The van der Waals surface area contributed by atoms with Crippen molar-refractivity contribution in [1.82, 2.24) is 9.55 Å². The van der Waals surface area contributed by atoms with Crippen LogP contribution >= 0.6 is 22.9 Å². The molecule has 0 aliphatic rings. The van der Waals surface area contributed by atoms with Gasteiger partial charge in [-0.1, -0.05) is 24.6 Å². The second kappa shape index (κ2) is 4.99. The molecule has 0 amide bonds. The van der Waals surface area contributed by atoms with Crippen LogP contribution in [0.1, 0.15) is 26.3 Å². The van der Waals surface area contributed by atoms with E-state index in [0.717, 1.165) is 28.3 Å². The van der Waals surface area contributed by atoms with Gasteiger partial charge >= 0.3 is 0 Å². The predicted octanol–water partition coefficient (Wildman–Crippen LogP) is 5.39. The Morgan fingerprint density at radius 2 is 2.21 bits per heavy atom.